The van der Waals surface area contributed by atoms with Crippen LogP contribution in [0, 0.1) is 27.7 Å². The van der Waals surface area contributed by atoms with Crippen LogP contribution in [0.25, 0.3) is 0 Å². The zero-order chi connectivity index (χ0) is 15.0. The number of anilines is 1. The molecule has 0 spiro atoms. The number of amides is 1. The Labute approximate surface area is 116 Å². The van der Waals surface area contributed by atoms with Gasteiger partial charge in [-0.2, -0.15) is 10.2 Å². The Balaban J connectivity index is 2.45. The average molecular weight is 275 g/mol. The monoisotopic (exact) mass is 275 g/mol. The standard InChI is InChI=1S/C13H17N5O2/c1-6-9(4)17-18(5)13(20)10(6)12(19)14-11-7(2)8(3)15-16-11/h1-5H3,(H2,14,15,16,19). The summed E-state index contributed by atoms with van der Waals surface area (Å²) in [6, 6.07) is 0. The van der Waals surface area contributed by atoms with Gasteiger partial charge in [0.2, 0.25) is 0 Å². The molecule has 7 nitrogen and oxygen atoms in total. The maximum Gasteiger partial charge on any atom is 0.279 e. The van der Waals surface area contributed by atoms with Crippen LogP contribution < -0.4 is 10.9 Å². The molecule has 0 saturated carbocycles. The summed E-state index contributed by atoms with van der Waals surface area (Å²) >= 11 is 0. The third-order valence-electron chi connectivity index (χ3n) is 3.44. The van der Waals surface area contributed by atoms with Gasteiger partial charge < -0.3 is 5.32 Å². The summed E-state index contributed by atoms with van der Waals surface area (Å²) in [5.41, 5.74) is 2.62. The van der Waals surface area contributed by atoms with Gasteiger partial charge in [-0.3, -0.25) is 14.7 Å². The van der Waals surface area contributed by atoms with E-state index in [1.54, 1.807) is 13.8 Å². The fourth-order valence-corrected chi connectivity index (χ4v) is 1.89. The summed E-state index contributed by atoms with van der Waals surface area (Å²) in [5.74, 6) is -0.0355. The second kappa shape index (κ2) is 4.92. The lowest BCUT2D eigenvalue weighted by Crippen LogP contribution is -2.31. The number of hydrogen-bond donors (Lipinski definition) is 2. The van der Waals surface area contributed by atoms with Crippen LogP contribution in [-0.4, -0.2) is 25.9 Å². The Morgan fingerprint density at radius 1 is 1.20 bits per heavy atom. The van der Waals surface area contributed by atoms with Crippen LogP contribution in [-0.2, 0) is 7.05 Å². The molecule has 2 N–H and O–H groups in total. The van der Waals surface area contributed by atoms with Crippen molar-refractivity contribution in [3.8, 4) is 0 Å². The van der Waals surface area contributed by atoms with Crippen molar-refractivity contribution in [3.63, 3.8) is 0 Å². The van der Waals surface area contributed by atoms with Crippen molar-refractivity contribution in [3.05, 3.63) is 38.4 Å². The fraction of sp³-hybridized carbons (Fsp3) is 0.385. The SMILES string of the molecule is Cc1nn(C)c(=O)c(C(=O)Nc2n[nH]c(C)c2C)c1C. The highest BCUT2D eigenvalue weighted by Crippen LogP contribution is 2.15. The van der Waals surface area contributed by atoms with E-state index in [-0.39, 0.29) is 5.56 Å². The number of nitrogens with zero attached hydrogens (tertiary/aromatic N) is 3. The molecule has 0 aliphatic heterocycles. The van der Waals surface area contributed by atoms with Crippen molar-refractivity contribution in [2.45, 2.75) is 27.7 Å². The molecule has 20 heavy (non-hydrogen) atoms. The van der Waals surface area contributed by atoms with Gasteiger partial charge in [0.1, 0.15) is 5.56 Å². The first kappa shape index (κ1) is 14.0. The van der Waals surface area contributed by atoms with Crippen LogP contribution in [0.3, 0.4) is 0 Å². The van der Waals surface area contributed by atoms with E-state index in [2.05, 4.69) is 20.6 Å². The quantitative estimate of drug-likeness (QED) is 0.854. The Morgan fingerprint density at radius 2 is 1.85 bits per heavy atom. The van der Waals surface area contributed by atoms with Gasteiger partial charge in [0.05, 0.1) is 5.69 Å². The lowest BCUT2D eigenvalue weighted by molar-refractivity contribution is 0.102. The average Bonchev–Trinajstić information content (AvgIpc) is 2.69. The largest absolute Gasteiger partial charge is 0.305 e. The third kappa shape index (κ3) is 2.22. The van der Waals surface area contributed by atoms with Crippen LogP contribution in [0.1, 0.15) is 32.9 Å². The number of aryl methyl sites for hydroxylation is 3. The number of carbonyl (C=O) groups excluding carboxylic acids is 1. The predicted octanol–water partition coefficient (Wildman–Crippen LogP) is 0.989. The number of aromatic amines is 1. The smallest absolute Gasteiger partial charge is 0.279 e. The zero-order valence-electron chi connectivity index (χ0n) is 12.2. The molecule has 0 aliphatic rings. The molecule has 0 radical (unpaired) electrons. The molecular weight excluding hydrogens is 258 g/mol. The summed E-state index contributed by atoms with van der Waals surface area (Å²) in [6.45, 7) is 7.17. The van der Waals surface area contributed by atoms with Gasteiger partial charge in [0.25, 0.3) is 11.5 Å². The van der Waals surface area contributed by atoms with Gasteiger partial charge in [0.15, 0.2) is 5.82 Å². The molecule has 0 bridgehead atoms. The molecule has 2 rings (SSSR count). The van der Waals surface area contributed by atoms with Gasteiger partial charge in [-0.25, -0.2) is 4.68 Å². The second-order valence-electron chi connectivity index (χ2n) is 4.79. The second-order valence-corrected chi connectivity index (χ2v) is 4.79. The van der Waals surface area contributed by atoms with E-state index in [9.17, 15) is 9.59 Å². The number of rotatable bonds is 2. The third-order valence-corrected chi connectivity index (χ3v) is 3.44. The van der Waals surface area contributed by atoms with Crippen molar-refractivity contribution >= 4 is 11.7 Å². The van der Waals surface area contributed by atoms with Crippen molar-refractivity contribution in [2.24, 2.45) is 7.05 Å². The van der Waals surface area contributed by atoms with E-state index in [0.29, 0.717) is 17.1 Å². The molecule has 0 fully saturated rings. The molecule has 1 amide bonds. The van der Waals surface area contributed by atoms with Crippen molar-refractivity contribution in [2.75, 3.05) is 5.32 Å². The number of H-pyrrole nitrogens is 1. The topological polar surface area (TPSA) is 92.7 Å². The first-order valence-corrected chi connectivity index (χ1v) is 6.20. The van der Waals surface area contributed by atoms with Crippen molar-refractivity contribution in [1.29, 1.82) is 0 Å². The van der Waals surface area contributed by atoms with E-state index in [0.717, 1.165) is 11.3 Å². The minimum Gasteiger partial charge on any atom is -0.305 e. The summed E-state index contributed by atoms with van der Waals surface area (Å²) < 4.78 is 1.17. The summed E-state index contributed by atoms with van der Waals surface area (Å²) in [7, 11) is 1.52. The van der Waals surface area contributed by atoms with Gasteiger partial charge in [-0.05, 0) is 33.3 Å². The highest BCUT2D eigenvalue weighted by atomic mass is 16.2. The summed E-state index contributed by atoms with van der Waals surface area (Å²) in [5, 5.41) is 13.5. The number of nitrogens with one attached hydrogen (secondary N) is 2. The predicted molar refractivity (Wildman–Crippen MR) is 75.0 cm³/mol. The van der Waals surface area contributed by atoms with Crippen LogP contribution >= 0.6 is 0 Å². The molecule has 0 saturated heterocycles. The first-order valence-electron chi connectivity index (χ1n) is 6.20. The molecule has 0 atom stereocenters. The van der Waals surface area contributed by atoms with Gasteiger partial charge in [-0.15, -0.1) is 0 Å². The van der Waals surface area contributed by atoms with E-state index in [4.69, 9.17) is 0 Å². The lowest BCUT2D eigenvalue weighted by atomic mass is 10.1. The minimum absolute atomic E-state index is 0.0973. The maximum atomic E-state index is 12.3. The fourth-order valence-electron chi connectivity index (χ4n) is 1.89. The minimum atomic E-state index is -0.469. The molecule has 0 unspecified atom stereocenters. The number of hydrogen-bond acceptors (Lipinski definition) is 4. The molecule has 106 valence electrons. The summed E-state index contributed by atoms with van der Waals surface area (Å²) in [6.07, 6.45) is 0. The van der Waals surface area contributed by atoms with Crippen LogP contribution in [0.2, 0.25) is 0 Å². The first-order chi connectivity index (χ1) is 9.32. The van der Waals surface area contributed by atoms with Crippen LogP contribution in [0.15, 0.2) is 4.79 Å². The molecule has 2 aromatic rings. The molecule has 0 aliphatic carbocycles. The number of aromatic nitrogens is 4. The Kier molecular flexibility index (Phi) is 3.44. The number of carbonyl (C=O) groups is 1. The summed E-state index contributed by atoms with van der Waals surface area (Å²) in [4.78, 5) is 24.4. The lowest BCUT2D eigenvalue weighted by Gasteiger charge is -2.09. The highest BCUT2D eigenvalue weighted by Gasteiger charge is 2.19. The molecule has 2 heterocycles. The van der Waals surface area contributed by atoms with Crippen LogP contribution in [0.5, 0.6) is 0 Å². The van der Waals surface area contributed by atoms with Crippen molar-refractivity contribution < 1.29 is 4.79 Å². The molecule has 2 aromatic heterocycles. The van der Waals surface area contributed by atoms with E-state index >= 15 is 0 Å². The normalized spacial score (nSPS) is 10.7. The van der Waals surface area contributed by atoms with E-state index in [1.807, 2.05) is 13.8 Å². The molecule has 0 aromatic carbocycles. The van der Waals surface area contributed by atoms with Crippen LogP contribution in [0.4, 0.5) is 5.82 Å². The Bertz CT molecular complexity index is 742. The Morgan fingerprint density at radius 3 is 2.40 bits per heavy atom. The van der Waals surface area contributed by atoms with Crippen molar-refractivity contribution in [1.82, 2.24) is 20.0 Å². The molecular formula is C13H17N5O2. The highest BCUT2D eigenvalue weighted by molar-refractivity contribution is 6.04. The van der Waals surface area contributed by atoms with E-state index in [1.165, 1.54) is 11.7 Å². The maximum absolute atomic E-state index is 12.3. The Hall–Kier alpha value is -2.44. The van der Waals surface area contributed by atoms with Gasteiger partial charge >= 0.3 is 0 Å². The zero-order valence-corrected chi connectivity index (χ0v) is 12.2. The molecule has 7 heteroatoms. The van der Waals surface area contributed by atoms with Gasteiger partial charge in [0, 0.05) is 18.3 Å². The van der Waals surface area contributed by atoms with E-state index < -0.39 is 11.5 Å². The van der Waals surface area contributed by atoms with Gasteiger partial charge in [-0.1, -0.05) is 0 Å².